The standard InChI is InChI=1S/C20H19N3O5/c1-20(10-4-6-13-5-2-3-7-15(13)20)21-18(24)12-22-16-9-8-14(23(26)27)11-17(16)28-19(22)25/h2-3,5,7-9,11H,4,6,10,12H2,1H3,(H,21,24)/t20-/m0/s1. The molecule has 1 heterocycles. The number of non-ortho nitro benzene ring substituents is 1. The molecule has 1 aliphatic carbocycles. The molecule has 1 aromatic heterocycles. The molecule has 1 aliphatic rings. The van der Waals surface area contributed by atoms with Crippen molar-refractivity contribution in [2.45, 2.75) is 38.3 Å². The second kappa shape index (κ2) is 6.63. The highest BCUT2D eigenvalue weighted by Crippen LogP contribution is 2.34. The van der Waals surface area contributed by atoms with Crippen LogP contribution in [0.15, 0.2) is 51.7 Å². The van der Waals surface area contributed by atoms with Crippen LogP contribution in [-0.4, -0.2) is 15.4 Å². The van der Waals surface area contributed by atoms with Gasteiger partial charge in [-0.1, -0.05) is 24.3 Å². The van der Waals surface area contributed by atoms with Gasteiger partial charge in [-0.15, -0.1) is 0 Å². The monoisotopic (exact) mass is 381 g/mol. The number of hydrogen-bond acceptors (Lipinski definition) is 5. The summed E-state index contributed by atoms with van der Waals surface area (Å²) in [6.07, 6.45) is 2.75. The molecule has 4 rings (SSSR count). The Morgan fingerprint density at radius 1 is 1.32 bits per heavy atom. The summed E-state index contributed by atoms with van der Waals surface area (Å²) in [5.74, 6) is -1.04. The summed E-state index contributed by atoms with van der Waals surface area (Å²) in [5.41, 5.74) is 2.06. The van der Waals surface area contributed by atoms with Crippen molar-refractivity contribution >= 4 is 22.7 Å². The lowest BCUT2D eigenvalue weighted by Crippen LogP contribution is -2.47. The van der Waals surface area contributed by atoms with Crippen molar-refractivity contribution in [1.29, 1.82) is 0 Å². The quantitative estimate of drug-likeness (QED) is 0.552. The highest BCUT2D eigenvalue weighted by Gasteiger charge is 2.33. The number of nitro groups is 1. The zero-order valence-electron chi connectivity index (χ0n) is 15.3. The molecule has 1 atom stereocenters. The van der Waals surface area contributed by atoms with Gasteiger partial charge in [0.1, 0.15) is 6.54 Å². The van der Waals surface area contributed by atoms with E-state index in [4.69, 9.17) is 4.42 Å². The number of amides is 1. The first kappa shape index (κ1) is 18.0. The van der Waals surface area contributed by atoms with Crippen LogP contribution in [0.5, 0.6) is 0 Å². The Kier molecular flexibility index (Phi) is 4.26. The molecule has 8 nitrogen and oxygen atoms in total. The molecule has 2 aromatic carbocycles. The van der Waals surface area contributed by atoms with Crippen molar-refractivity contribution in [2.24, 2.45) is 0 Å². The maximum absolute atomic E-state index is 12.7. The summed E-state index contributed by atoms with van der Waals surface area (Å²) < 4.78 is 6.27. The molecule has 0 saturated carbocycles. The third-order valence-corrected chi connectivity index (χ3v) is 5.31. The minimum Gasteiger partial charge on any atom is -0.407 e. The van der Waals surface area contributed by atoms with Crippen molar-refractivity contribution in [1.82, 2.24) is 9.88 Å². The zero-order chi connectivity index (χ0) is 19.9. The summed E-state index contributed by atoms with van der Waals surface area (Å²) >= 11 is 0. The number of aryl methyl sites for hydroxylation is 1. The second-order valence-corrected chi connectivity index (χ2v) is 7.25. The molecule has 0 saturated heterocycles. The Balaban J connectivity index is 1.61. The van der Waals surface area contributed by atoms with Crippen LogP contribution in [0.3, 0.4) is 0 Å². The van der Waals surface area contributed by atoms with Gasteiger partial charge >= 0.3 is 5.76 Å². The van der Waals surface area contributed by atoms with Crippen LogP contribution >= 0.6 is 0 Å². The molecule has 0 radical (unpaired) electrons. The van der Waals surface area contributed by atoms with E-state index in [-0.39, 0.29) is 23.7 Å². The molecule has 1 amide bonds. The minimum absolute atomic E-state index is 0.0845. The van der Waals surface area contributed by atoms with E-state index in [1.165, 1.54) is 28.3 Å². The van der Waals surface area contributed by atoms with E-state index in [0.717, 1.165) is 24.8 Å². The topological polar surface area (TPSA) is 107 Å². The molecule has 0 aliphatic heterocycles. The summed E-state index contributed by atoms with van der Waals surface area (Å²) in [7, 11) is 0. The van der Waals surface area contributed by atoms with Gasteiger partial charge in [0.05, 0.1) is 22.0 Å². The minimum atomic E-state index is -0.722. The number of aromatic nitrogens is 1. The maximum Gasteiger partial charge on any atom is 0.420 e. The van der Waals surface area contributed by atoms with Crippen molar-refractivity contribution in [3.63, 3.8) is 0 Å². The Morgan fingerprint density at radius 3 is 2.89 bits per heavy atom. The summed E-state index contributed by atoms with van der Waals surface area (Å²) in [6.45, 7) is 1.77. The van der Waals surface area contributed by atoms with Crippen LogP contribution < -0.4 is 11.1 Å². The number of carbonyl (C=O) groups excluding carboxylic acids is 1. The number of rotatable bonds is 4. The molecule has 8 heteroatoms. The number of hydrogen-bond donors (Lipinski definition) is 1. The molecule has 0 bridgehead atoms. The van der Waals surface area contributed by atoms with Crippen molar-refractivity contribution in [3.8, 4) is 0 Å². The molecule has 3 aromatic rings. The number of nitro benzene ring substituents is 1. The Hall–Kier alpha value is -3.42. The lowest BCUT2D eigenvalue weighted by atomic mass is 9.78. The number of carbonyl (C=O) groups is 1. The lowest BCUT2D eigenvalue weighted by Gasteiger charge is -2.37. The van der Waals surface area contributed by atoms with Crippen molar-refractivity contribution in [2.75, 3.05) is 0 Å². The Morgan fingerprint density at radius 2 is 2.11 bits per heavy atom. The average molecular weight is 381 g/mol. The van der Waals surface area contributed by atoms with E-state index in [9.17, 15) is 19.7 Å². The van der Waals surface area contributed by atoms with Crippen molar-refractivity contribution in [3.05, 3.63) is 74.3 Å². The molecule has 1 N–H and O–H groups in total. The fourth-order valence-corrected chi connectivity index (χ4v) is 3.98. The summed E-state index contributed by atoms with van der Waals surface area (Å²) in [4.78, 5) is 35.2. The first-order valence-corrected chi connectivity index (χ1v) is 9.04. The SMILES string of the molecule is C[C@]1(NC(=O)Cn2c(=O)oc3cc([N+](=O)[O-])ccc32)CCCc2ccccc21. The van der Waals surface area contributed by atoms with Gasteiger partial charge in [-0.3, -0.25) is 19.5 Å². The van der Waals surface area contributed by atoms with Gasteiger partial charge in [0.25, 0.3) is 5.69 Å². The van der Waals surface area contributed by atoms with E-state index >= 15 is 0 Å². The second-order valence-electron chi connectivity index (χ2n) is 7.25. The lowest BCUT2D eigenvalue weighted by molar-refractivity contribution is -0.384. The van der Waals surface area contributed by atoms with Gasteiger partial charge < -0.3 is 9.73 Å². The fourth-order valence-electron chi connectivity index (χ4n) is 3.98. The fraction of sp³-hybridized carbons (Fsp3) is 0.300. The van der Waals surface area contributed by atoms with Crippen LogP contribution in [0, 0.1) is 10.1 Å². The molecule has 0 fully saturated rings. The van der Waals surface area contributed by atoms with Gasteiger partial charge in [0.15, 0.2) is 5.58 Å². The van der Waals surface area contributed by atoms with Gasteiger partial charge in [0, 0.05) is 6.07 Å². The molecular formula is C20H19N3O5. The Labute approximate surface area is 159 Å². The van der Waals surface area contributed by atoms with Gasteiger partial charge in [0.2, 0.25) is 5.91 Å². The van der Waals surface area contributed by atoms with E-state index in [1.807, 2.05) is 25.1 Å². The Bertz CT molecular complexity index is 1150. The van der Waals surface area contributed by atoms with Crippen LogP contribution in [0.25, 0.3) is 11.1 Å². The number of nitrogens with zero attached hydrogens (tertiary/aromatic N) is 2. The van der Waals surface area contributed by atoms with E-state index < -0.39 is 16.2 Å². The van der Waals surface area contributed by atoms with E-state index in [2.05, 4.69) is 11.4 Å². The van der Waals surface area contributed by atoms with Crippen LogP contribution in [0.1, 0.15) is 30.9 Å². The predicted molar refractivity (Wildman–Crippen MR) is 102 cm³/mol. The highest BCUT2D eigenvalue weighted by molar-refractivity contribution is 5.81. The molecule has 28 heavy (non-hydrogen) atoms. The van der Waals surface area contributed by atoms with Gasteiger partial charge in [-0.25, -0.2) is 4.79 Å². The van der Waals surface area contributed by atoms with Crippen LogP contribution in [0.2, 0.25) is 0 Å². The summed E-state index contributed by atoms with van der Waals surface area (Å²) in [6, 6.07) is 11.9. The molecular weight excluding hydrogens is 362 g/mol. The van der Waals surface area contributed by atoms with Crippen molar-refractivity contribution < 1.29 is 14.1 Å². The smallest absolute Gasteiger partial charge is 0.407 e. The number of oxazole rings is 1. The number of nitrogens with one attached hydrogen (secondary N) is 1. The first-order chi connectivity index (χ1) is 13.4. The first-order valence-electron chi connectivity index (χ1n) is 9.04. The van der Waals surface area contributed by atoms with E-state index in [0.29, 0.717) is 5.52 Å². The molecule has 0 unspecified atom stereocenters. The van der Waals surface area contributed by atoms with Gasteiger partial charge in [-0.2, -0.15) is 0 Å². The van der Waals surface area contributed by atoms with Crippen LogP contribution in [0.4, 0.5) is 5.69 Å². The largest absolute Gasteiger partial charge is 0.420 e. The average Bonchev–Trinajstić information content (AvgIpc) is 2.96. The molecule has 144 valence electrons. The third-order valence-electron chi connectivity index (χ3n) is 5.31. The van der Waals surface area contributed by atoms with Gasteiger partial charge in [-0.05, 0) is 43.4 Å². The number of fused-ring (bicyclic) bond motifs is 2. The van der Waals surface area contributed by atoms with E-state index in [1.54, 1.807) is 0 Å². The maximum atomic E-state index is 12.7. The highest BCUT2D eigenvalue weighted by atomic mass is 16.6. The van der Waals surface area contributed by atoms with Crippen LogP contribution in [-0.2, 0) is 23.3 Å². The normalized spacial score (nSPS) is 18.6. The predicted octanol–water partition coefficient (Wildman–Crippen LogP) is 2.87. The zero-order valence-corrected chi connectivity index (χ0v) is 15.3. The third kappa shape index (κ3) is 3.06. The molecule has 0 spiro atoms. The summed E-state index contributed by atoms with van der Waals surface area (Å²) in [5, 5.41) is 13.9. The number of benzene rings is 2.